The van der Waals surface area contributed by atoms with Gasteiger partial charge in [0.15, 0.2) is 5.82 Å². The van der Waals surface area contributed by atoms with E-state index >= 15 is 0 Å². The summed E-state index contributed by atoms with van der Waals surface area (Å²) in [7, 11) is 0. The lowest BCUT2D eigenvalue weighted by molar-refractivity contribution is 0.603. The summed E-state index contributed by atoms with van der Waals surface area (Å²) in [6.07, 6.45) is 3.24. The van der Waals surface area contributed by atoms with E-state index in [9.17, 15) is 8.78 Å². The van der Waals surface area contributed by atoms with Gasteiger partial charge in [-0.2, -0.15) is 5.12 Å². The van der Waals surface area contributed by atoms with Gasteiger partial charge in [-0.25, -0.2) is 13.8 Å². The highest BCUT2D eigenvalue weighted by molar-refractivity contribution is 5.61. The number of hydrogen-bond donors (Lipinski definition) is 1. The maximum atomic E-state index is 13.8. The topological polar surface area (TPSA) is 18.5 Å². The molecule has 0 unspecified atom stereocenters. The number of nitrogens with zero attached hydrogens (tertiary/aromatic N) is 2. The van der Waals surface area contributed by atoms with Gasteiger partial charge in [0.05, 0.1) is 0 Å². The standard InChI is InChI=1S/C14H11F2N3/c15-11-5-1-3-7-13(11)18-10-9-17-19(18)14-8-4-2-6-12(14)16/h1-10,17H. The van der Waals surface area contributed by atoms with Crippen LogP contribution in [-0.4, -0.2) is 0 Å². The zero-order valence-electron chi connectivity index (χ0n) is 9.92. The van der Waals surface area contributed by atoms with E-state index in [2.05, 4.69) is 5.43 Å². The summed E-state index contributed by atoms with van der Waals surface area (Å²) in [6.45, 7) is 0. The Kier molecular flexibility index (Phi) is 2.79. The first-order chi connectivity index (χ1) is 9.27. The van der Waals surface area contributed by atoms with Crippen molar-refractivity contribution in [3.63, 3.8) is 0 Å². The molecule has 0 bridgehead atoms. The van der Waals surface area contributed by atoms with Crippen LogP contribution in [0.3, 0.4) is 0 Å². The first-order valence-corrected chi connectivity index (χ1v) is 5.78. The molecule has 1 aliphatic rings. The number of benzene rings is 2. The second-order valence-electron chi connectivity index (χ2n) is 4.00. The zero-order chi connectivity index (χ0) is 13.2. The van der Waals surface area contributed by atoms with Crippen molar-refractivity contribution in [2.24, 2.45) is 0 Å². The summed E-state index contributed by atoms with van der Waals surface area (Å²) in [5.41, 5.74) is 3.52. The molecule has 0 atom stereocenters. The second kappa shape index (κ2) is 4.61. The van der Waals surface area contributed by atoms with Gasteiger partial charge in [0.2, 0.25) is 0 Å². The van der Waals surface area contributed by atoms with Crippen LogP contribution in [-0.2, 0) is 0 Å². The Morgan fingerprint density at radius 3 is 2.00 bits per heavy atom. The van der Waals surface area contributed by atoms with Crippen LogP contribution < -0.4 is 15.6 Å². The number of hydrogen-bond acceptors (Lipinski definition) is 3. The van der Waals surface area contributed by atoms with Gasteiger partial charge >= 0.3 is 0 Å². The molecule has 3 nitrogen and oxygen atoms in total. The number of halogens is 2. The van der Waals surface area contributed by atoms with Crippen LogP contribution in [0.25, 0.3) is 0 Å². The molecular weight excluding hydrogens is 248 g/mol. The maximum Gasteiger partial charge on any atom is 0.150 e. The fourth-order valence-corrected chi connectivity index (χ4v) is 1.94. The Balaban J connectivity index is 2.01. The van der Waals surface area contributed by atoms with Crippen molar-refractivity contribution in [1.29, 1.82) is 0 Å². The van der Waals surface area contributed by atoms with Crippen LogP contribution in [0.4, 0.5) is 20.2 Å². The van der Waals surface area contributed by atoms with Crippen LogP contribution in [0.5, 0.6) is 0 Å². The molecule has 0 saturated carbocycles. The molecule has 0 spiro atoms. The number of hydrazine groups is 2. The predicted molar refractivity (Wildman–Crippen MR) is 70.0 cm³/mol. The molecule has 0 saturated heterocycles. The highest BCUT2D eigenvalue weighted by Crippen LogP contribution is 2.27. The summed E-state index contributed by atoms with van der Waals surface area (Å²) in [5, 5.41) is 2.95. The van der Waals surface area contributed by atoms with Crippen molar-refractivity contribution in [2.75, 3.05) is 10.1 Å². The van der Waals surface area contributed by atoms with Crippen molar-refractivity contribution >= 4 is 11.4 Å². The summed E-state index contributed by atoms with van der Waals surface area (Å²) < 4.78 is 27.6. The summed E-state index contributed by atoms with van der Waals surface area (Å²) in [5.74, 6) is -0.766. The van der Waals surface area contributed by atoms with Crippen molar-refractivity contribution in [1.82, 2.24) is 5.43 Å². The smallest absolute Gasteiger partial charge is 0.150 e. The quantitative estimate of drug-likeness (QED) is 0.893. The second-order valence-corrected chi connectivity index (χ2v) is 4.00. The summed E-state index contributed by atoms with van der Waals surface area (Å²) in [6, 6.07) is 12.6. The lowest BCUT2D eigenvalue weighted by Crippen LogP contribution is -2.42. The Morgan fingerprint density at radius 2 is 1.37 bits per heavy atom. The van der Waals surface area contributed by atoms with Crippen molar-refractivity contribution in [3.8, 4) is 0 Å². The van der Waals surface area contributed by atoms with Crippen molar-refractivity contribution < 1.29 is 8.78 Å². The summed E-state index contributed by atoms with van der Waals surface area (Å²) >= 11 is 0. The molecular formula is C14H11F2N3. The monoisotopic (exact) mass is 259 g/mol. The first-order valence-electron chi connectivity index (χ1n) is 5.78. The van der Waals surface area contributed by atoms with Gasteiger partial charge < -0.3 is 0 Å². The van der Waals surface area contributed by atoms with Crippen LogP contribution in [0, 0.1) is 11.6 Å². The van der Waals surface area contributed by atoms with Gasteiger partial charge in [-0.05, 0) is 24.3 Å². The maximum absolute atomic E-state index is 13.8. The molecule has 0 amide bonds. The van der Waals surface area contributed by atoms with E-state index in [1.807, 2.05) is 0 Å². The lowest BCUT2D eigenvalue weighted by atomic mass is 10.3. The third-order valence-electron chi connectivity index (χ3n) is 2.81. The molecule has 1 N–H and O–H groups in total. The SMILES string of the molecule is Fc1ccccc1N1C=CNN1c1ccccc1F. The average Bonchev–Trinajstić information content (AvgIpc) is 2.89. The van der Waals surface area contributed by atoms with E-state index in [4.69, 9.17) is 0 Å². The minimum Gasteiger partial charge on any atom is -0.285 e. The third kappa shape index (κ3) is 1.99. The van der Waals surface area contributed by atoms with Crippen molar-refractivity contribution in [3.05, 3.63) is 72.6 Å². The minimum absolute atomic E-state index is 0.316. The van der Waals surface area contributed by atoms with E-state index in [-0.39, 0.29) is 11.6 Å². The fraction of sp³-hybridized carbons (Fsp3) is 0. The average molecular weight is 259 g/mol. The lowest BCUT2D eigenvalue weighted by Gasteiger charge is -2.30. The zero-order valence-corrected chi connectivity index (χ0v) is 9.92. The van der Waals surface area contributed by atoms with Gasteiger partial charge in [0, 0.05) is 12.4 Å². The molecule has 19 heavy (non-hydrogen) atoms. The van der Waals surface area contributed by atoms with Gasteiger partial charge in [0.25, 0.3) is 0 Å². The number of anilines is 2. The molecule has 0 radical (unpaired) electrons. The molecule has 96 valence electrons. The number of para-hydroxylation sites is 2. The Hall–Kier alpha value is -2.56. The Bertz CT molecular complexity index is 628. The Labute approximate surface area is 109 Å². The molecule has 0 fully saturated rings. The van der Waals surface area contributed by atoms with E-state index in [0.29, 0.717) is 11.4 Å². The number of nitrogens with one attached hydrogen (secondary N) is 1. The van der Waals surface area contributed by atoms with E-state index < -0.39 is 0 Å². The molecule has 5 heteroatoms. The van der Waals surface area contributed by atoms with Crippen LogP contribution in [0.1, 0.15) is 0 Å². The van der Waals surface area contributed by atoms with Gasteiger partial charge in [-0.15, -0.1) is 0 Å². The molecule has 1 aliphatic heterocycles. The van der Waals surface area contributed by atoms with Crippen LogP contribution >= 0.6 is 0 Å². The minimum atomic E-state index is -0.389. The third-order valence-corrected chi connectivity index (χ3v) is 2.81. The molecule has 3 rings (SSSR count). The van der Waals surface area contributed by atoms with Gasteiger partial charge in [-0.3, -0.25) is 5.43 Å². The van der Waals surface area contributed by atoms with Gasteiger partial charge in [-0.1, -0.05) is 24.3 Å². The highest BCUT2D eigenvalue weighted by Gasteiger charge is 2.22. The van der Waals surface area contributed by atoms with E-state index in [1.54, 1.807) is 48.8 Å². The molecule has 1 heterocycles. The molecule has 2 aromatic carbocycles. The van der Waals surface area contributed by atoms with Crippen LogP contribution in [0.2, 0.25) is 0 Å². The van der Waals surface area contributed by atoms with Gasteiger partial charge in [0.1, 0.15) is 17.2 Å². The highest BCUT2D eigenvalue weighted by atomic mass is 19.1. The fourth-order valence-electron chi connectivity index (χ4n) is 1.94. The van der Waals surface area contributed by atoms with E-state index in [0.717, 1.165) is 0 Å². The largest absolute Gasteiger partial charge is 0.285 e. The first kappa shape index (κ1) is 11.5. The predicted octanol–water partition coefficient (Wildman–Crippen LogP) is 3.18. The summed E-state index contributed by atoms with van der Waals surface area (Å²) in [4.78, 5) is 0. The van der Waals surface area contributed by atoms with E-state index in [1.165, 1.54) is 22.3 Å². The van der Waals surface area contributed by atoms with Crippen LogP contribution in [0.15, 0.2) is 60.9 Å². The molecule has 0 aliphatic carbocycles. The molecule has 0 aromatic heterocycles. The normalized spacial score (nSPS) is 13.8. The Morgan fingerprint density at radius 1 is 0.789 bits per heavy atom. The number of rotatable bonds is 2. The molecule has 2 aromatic rings. The van der Waals surface area contributed by atoms with Crippen molar-refractivity contribution in [2.45, 2.75) is 0 Å².